The van der Waals surface area contributed by atoms with Gasteiger partial charge in [-0.2, -0.15) is 0 Å². The first-order chi connectivity index (χ1) is 6.50. The second kappa shape index (κ2) is 4.39. The highest BCUT2D eigenvalue weighted by Gasteiger charge is 2.12. The van der Waals surface area contributed by atoms with Crippen LogP contribution in [0.3, 0.4) is 0 Å². The van der Waals surface area contributed by atoms with Crippen molar-refractivity contribution in [3.8, 4) is 0 Å². The van der Waals surface area contributed by atoms with Gasteiger partial charge in [0.2, 0.25) is 0 Å². The van der Waals surface area contributed by atoms with Crippen LogP contribution in [0.2, 0.25) is 0 Å². The number of aliphatic hydroxyl groups is 1. The summed E-state index contributed by atoms with van der Waals surface area (Å²) in [5, 5.41) is 19.4. The number of nitrogens with zero attached hydrogens (tertiary/aromatic N) is 1. The Morgan fingerprint density at radius 2 is 2.36 bits per heavy atom. The Morgan fingerprint density at radius 1 is 1.71 bits per heavy atom. The lowest BCUT2D eigenvalue weighted by molar-refractivity contribution is -0.139. The molecule has 0 aliphatic carbocycles. The number of hydrogen-bond acceptors (Lipinski definition) is 4. The summed E-state index contributed by atoms with van der Waals surface area (Å²) in [6.45, 7) is 1.78. The van der Waals surface area contributed by atoms with E-state index in [9.17, 15) is 14.7 Å². The SMILES string of the molecule is Cc1csc(=O)n1CC(O)CC(=O)O. The van der Waals surface area contributed by atoms with Crippen LogP contribution in [0, 0.1) is 6.92 Å². The van der Waals surface area contributed by atoms with Gasteiger partial charge in [-0.25, -0.2) is 0 Å². The zero-order valence-electron chi connectivity index (χ0n) is 7.64. The minimum absolute atomic E-state index is 0.0421. The van der Waals surface area contributed by atoms with Gasteiger partial charge in [0, 0.05) is 11.1 Å². The molecule has 0 saturated heterocycles. The lowest BCUT2D eigenvalue weighted by Gasteiger charge is -2.09. The third-order valence-corrected chi connectivity index (χ3v) is 2.66. The number of aromatic nitrogens is 1. The number of aliphatic hydroxyl groups excluding tert-OH is 1. The molecule has 0 aliphatic heterocycles. The van der Waals surface area contributed by atoms with Crippen molar-refractivity contribution < 1.29 is 15.0 Å². The van der Waals surface area contributed by atoms with E-state index in [2.05, 4.69) is 0 Å². The predicted molar refractivity (Wildman–Crippen MR) is 51.6 cm³/mol. The fraction of sp³-hybridized carbons (Fsp3) is 0.500. The molecule has 2 N–H and O–H groups in total. The molecule has 1 heterocycles. The van der Waals surface area contributed by atoms with Gasteiger partial charge >= 0.3 is 10.8 Å². The molecule has 1 atom stereocenters. The summed E-state index contributed by atoms with van der Waals surface area (Å²) < 4.78 is 1.37. The van der Waals surface area contributed by atoms with E-state index in [1.807, 2.05) is 0 Å². The van der Waals surface area contributed by atoms with Crippen molar-refractivity contribution in [2.24, 2.45) is 0 Å². The van der Waals surface area contributed by atoms with E-state index in [0.717, 1.165) is 17.0 Å². The number of thiazole rings is 1. The summed E-state index contributed by atoms with van der Waals surface area (Å²) in [6.07, 6.45) is -1.36. The van der Waals surface area contributed by atoms with Gasteiger partial charge in [-0.05, 0) is 6.92 Å². The topological polar surface area (TPSA) is 79.5 Å². The zero-order valence-corrected chi connectivity index (χ0v) is 8.45. The van der Waals surface area contributed by atoms with Crippen molar-refractivity contribution in [1.29, 1.82) is 0 Å². The lowest BCUT2D eigenvalue weighted by atomic mass is 10.2. The minimum Gasteiger partial charge on any atom is -0.481 e. The molecule has 0 amide bonds. The molecule has 14 heavy (non-hydrogen) atoms. The molecule has 0 spiro atoms. The van der Waals surface area contributed by atoms with E-state index in [-0.39, 0.29) is 17.8 Å². The first kappa shape index (κ1) is 10.9. The zero-order chi connectivity index (χ0) is 10.7. The van der Waals surface area contributed by atoms with Gasteiger partial charge in [-0.1, -0.05) is 11.3 Å². The fourth-order valence-corrected chi connectivity index (χ4v) is 1.85. The first-order valence-corrected chi connectivity index (χ1v) is 4.93. The summed E-state index contributed by atoms with van der Waals surface area (Å²) in [5.74, 6) is -1.07. The summed E-state index contributed by atoms with van der Waals surface area (Å²) in [4.78, 5) is 21.3. The first-order valence-electron chi connectivity index (χ1n) is 4.05. The second-order valence-electron chi connectivity index (χ2n) is 3.01. The smallest absolute Gasteiger partial charge is 0.307 e. The monoisotopic (exact) mass is 217 g/mol. The molecule has 1 unspecified atom stereocenters. The van der Waals surface area contributed by atoms with Crippen molar-refractivity contribution in [3.63, 3.8) is 0 Å². The Morgan fingerprint density at radius 3 is 2.79 bits per heavy atom. The van der Waals surface area contributed by atoms with Gasteiger partial charge in [0.1, 0.15) is 0 Å². The Labute approximate surface area is 84.2 Å². The highest BCUT2D eigenvalue weighted by molar-refractivity contribution is 7.07. The number of carbonyl (C=O) groups is 1. The molecule has 5 nitrogen and oxygen atoms in total. The molecule has 0 aliphatic rings. The van der Waals surface area contributed by atoms with E-state index in [4.69, 9.17) is 5.11 Å². The van der Waals surface area contributed by atoms with Crippen LogP contribution >= 0.6 is 11.3 Å². The number of carboxylic acid groups (broad SMARTS) is 1. The molecule has 0 saturated carbocycles. The molecule has 78 valence electrons. The Bertz CT molecular complexity index is 381. The average molecular weight is 217 g/mol. The predicted octanol–water partition coefficient (Wildman–Crippen LogP) is 0.0538. The standard InChI is InChI=1S/C8H11NO4S/c1-5-4-14-8(13)9(5)3-6(10)2-7(11)12/h4,6,10H,2-3H2,1H3,(H,11,12). The van der Waals surface area contributed by atoms with E-state index < -0.39 is 12.1 Å². The highest BCUT2D eigenvalue weighted by atomic mass is 32.1. The molecule has 0 fully saturated rings. The molecule has 1 aromatic heterocycles. The summed E-state index contributed by atoms with van der Waals surface area (Å²) in [7, 11) is 0. The Balaban J connectivity index is 2.69. The van der Waals surface area contributed by atoms with Gasteiger partial charge in [-0.3, -0.25) is 9.59 Å². The van der Waals surface area contributed by atoms with Crippen molar-refractivity contribution in [2.75, 3.05) is 0 Å². The van der Waals surface area contributed by atoms with Crippen molar-refractivity contribution in [1.82, 2.24) is 4.57 Å². The number of carboxylic acids is 1. The molecule has 6 heteroatoms. The van der Waals surface area contributed by atoms with Crippen molar-refractivity contribution in [2.45, 2.75) is 26.0 Å². The van der Waals surface area contributed by atoms with E-state index in [1.165, 1.54) is 4.57 Å². The minimum atomic E-state index is -1.07. The Hall–Kier alpha value is -1.14. The fourth-order valence-electron chi connectivity index (χ4n) is 1.10. The molecule has 0 aromatic carbocycles. The highest BCUT2D eigenvalue weighted by Crippen LogP contribution is 2.02. The molecular formula is C8H11NO4S. The van der Waals surface area contributed by atoms with Gasteiger partial charge in [-0.15, -0.1) is 0 Å². The quantitative estimate of drug-likeness (QED) is 0.747. The van der Waals surface area contributed by atoms with Crippen LogP contribution in [0.5, 0.6) is 0 Å². The maximum absolute atomic E-state index is 11.2. The number of hydrogen-bond donors (Lipinski definition) is 2. The van der Waals surface area contributed by atoms with Gasteiger partial charge in [0.15, 0.2) is 0 Å². The lowest BCUT2D eigenvalue weighted by Crippen LogP contribution is -2.25. The maximum atomic E-state index is 11.2. The average Bonchev–Trinajstić information content (AvgIpc) is 2.34. The van der Waals surface area contributed by atoms with Crippen LogP contribution in [-0.4, -0.2) is 26.9 Å². The van der Waals surface area contributed by atoms with Crippen LogP contribution in [-0.2, 0) is 11.3 Å². The normalized spacial score (nSPS) is 12.7. The van der Waals surface area contributed by atoms with Crippen molar-refractivity contribution >= 4 is 17.3 Å². The summed E-state index contributed by atoms with van der Waals surface area (Å²) >= 11 is 1.04. The van der Waals surface area contributed by atoms with Gasteiger partial charge < -0.3 is 14.8 Å². The molecule has 1 aromatic rings. The second-order valence-corrected chi connectivity index (χ2v) is 3.83. The maximum Gasteiger partial charge on any atom is 0.307 e. The molecule has 0 bridgehead atoms. The third kappa shape index (κ3) is 2.68. The summed E-state index contributed by atoms with van der Waals surface area (Å²) in [6, 6.07) is 0. The number of aryl methyl sites for hydroxylation is 1. The molecule has 0 radical (unpaired) electrons. The largest absolute Gasteiger partial charge is 0.481 e. The molecular weight excluding hydrogens is 206 g/mol. The van der Waals surface area contributed by atoms with Gasteiger partial charge in [0.25, 0.3) is 0 Å². The Kier molecular flexibility index (Phi) is 3.43. The van der Waals surface area contributed by atoms with Crippen LogP contribution in [0.4, 0.5) is 0 Å². The molecule has 1 rings (SSSR count). The van der Waals surface area contributed by atoms with Crippen LogP contribution in [0.15, 0.2) is 10.2 Å². The summed E-state index contributed by atoms with van der Waals surface area (Å²) in [5.41, 5.74) is 0.740. The van der Waals surface area contributed by atoms with Gasteiger partial charge in [0.05, 0.1) is 19.1 Å². The van der Waals surface area contributed by atoms with Crippen LogP contribution in [0.1, 0.15) is 12.1 Å². The third-order valence-electron chi connectivity index (χ3n) is 1.78. The van der Waals surface area contributed by atoms with E-state index in [1.54, 1.807) is 12.3 Å². The van der Waals surface area contributed by atoms with Crippen molar-refractivity contribution in [3.05, 3.63) is 20.7 Å². The van der Waals surface area contributed by atoms with E-state index >= 15 is 0 Å². The van der Waals surface area contributed by atoms with Crippen LogP contribution < -0.4 is 4.87 Å². The number of rotatable bonds is 4. The van der Waals surface area contributed by atoms with Crippen LogP contribution in [0.25, 0.3) is 0 Å². The van der Waals surface area contributed by atoms with E-state index in [0.29, 0.717) is 0 Å². The number of aliphatic carboxylic acids is 1.